The Morgan fingerprint density at radius 2 is 1.50 bits per heavy atom. The van der Waals surface area contributed by atoms with E-state index in [0.717, 1.165) is 6.42 Å². The van der Waals surface area contributed by atoms with Crippen LogP contribution in [0.25, 0.3) is 45.2 Å². The van der Waals surface area contributed by atoms with Gasteiger partial charge in [0.15, 0.2) is 0 Å². The average molecular weight is 415 g/mol. The molecule has 0 amide bonds. The molecule has 0 unspecified atom stereocenters. The van der Waals surface area contributed by atoms with Crippen LogP contribution >= 0.6 is 0 Å². The van der Waals surface area contributed by atoms with Gasteiger partial charge in [0.05, 0.1) is 0 Å². The summed E-state index contributed by atoms with van der Waals surface area (Å²) in [6.45, 7) is 13.3. The van der Waals surface area contributed by atoms with Gasteiger partial charge in [0.25, 0.3) is 0 Å². The summed E-state index contributed by atoms with van der Waals surface area (Å²) in [6.07, 6.45) is 7.58. The molecule has 0 bridgehead atoms. The third kappa shape index (κ3) is 2.90. The maximum atomic E-state index is 4.18. The third-order valence-electron chi connectivity index (χ3n) is 7.16. The van der Waals surface area contributed by atoms with E-state index in [4.69, 9.17) is 0 Å². The van der Waals surface area contributed by atoms with Crippen LogP contribution in [0.15, 0.2) is 79.4 Å². The summed E-state index contributed by atoms with van der Waals surface area (Å²) in [5.74, 6) is 0. The van der Waals surface area contributed by atoms with Gasteiger partial charge in [-0.3, -0.25) is 0 Å². The van der Waals surface area contributed by atoms with Crippen molar-refractivity contribution in [3.05, 3.63) is 107 Å². The van der Waals surface area contributed by atoms with Crippen LogP contribution in [-0.2, 0) is 5.41 Å². The number of hydrogen-bond donors (Lipinski definition) is 0. The lowest BCUT2D eigenvalue weighted by atomic mass is 9.80. The van der Waals surface area contributed by atoms with Crippen molar-refractivity contribution in [1.29, 1.82) is 0 Å². The fourth-order valence-electron chi connectivity index (χ4n) is 5.50. The van der Waals surface area contributed by atoms with Crippen LogP contribution in [0.5, 0.6) is 0 Å². The zero-order valence-electron chi connectivity index (χ0n) is 19.5. The van der Waals surface area contributed by atoms with Crippen molar-refractivity contribution in [2.45, 2.75) is 39.5 Å². The second-order valence-corrected chi connectivity index (χ2v) is 9.32. The van der Waals surface area contributed by atoms with Gasteiger partial charge in [0, 0.05) is 5.41 Å². The van der Waals surface area contributed by atoms with Gasteiger partial charge in [-0.05, 0) is 80.3 Å². The fourth-order valence-corrected chi connectivity index (χ4v) is 5.50. The highest BCUT2D eigenvalue weighted by atomic mass is 14.4. The summed E-state index contributed by atoms with van der Waals surface area (Å²) >= 11 is 0. The monoisotopic (exact) mass is 414 g/mol. The molecule has 0 aromatic heterocycles. The molecule has 0 heterocycles. The second-order valence-electron chi connectivity index (χ2n) is 9.32. The number of fused-ring (bicyclic) bond motifs is 4. The van der Waals surface area contributed by atoms with Crippen molar-refractivity contribution in [2.75, 3.05) is 0 Å². The fraction of sp³-hybridized carbons (Fsp3) is 0.188. The molecular formula is C32H30. The molecule has 32 heavy (non-hydrogen) atoms. The molecule has 0 aliphatic heterocycles. The van der Waals surface area contributed by atoms with Crippen LogP contribution in [0, 0.1) is 6.92 Å². The molecule has 158 valence electrons. The highest BCUT2D eigenvalue weighted by Gasteiger charge is 2.35. The zero-order chi connectivity index (χ0) is 22.5. The van der Waals surface area contributed by atoms with E-state index in [-0.39, 0.29) is 5.41 Å². The number of allylic oxidation sites excluding steroid dienone is 1. The highest BCUT2D eigenvalue weighted by molar-refractivity contribution is 6.05. The number of rotatable bonds is 4. The van der Waals surface area contributed by atoms with Crippen molar-refractivity contribution in [3.8, 4) is 22.3 Å². The van der Waals surface area contributed by atoms with E-state index in [1.807, 2.05) is 6.08 Å². The van der Waals surface area contributed by atoms with Crippen molar-refractivity contribution >= 4 is 22.9 Å². The molecule has 0 heteroatoms. The van der Waals surface area contributed by atoms with E-state index in [2.05, 4.69) is 113 Å². The van der Waals surface area contributed by atoms with E-state index < -0.39 is 0 Å². The third-order valence-corrected chi connectivity index (χ3v) is 7.16. The minimum Gasteiger partial charge on any atom is -0.0984 e. The summed E-state index contributed by atoms with van der Waals surface area (Å²) in [7, 11) is 0. The van der Waals surface area contributed by atoms with E-state index in [1.54, 1.807) is 0 Å². The van der Waals surface area contributed by atoms with Gasteiger partial charge in [0.2, 0.25) is 0 Å². The largest absolute Gasteiger partial charge is 0.0984 e. The average Bonchev–Trinajstić information content (AvgIpc) is 3.04. The Balaban J connectivity index is 1.86. The van der Waals surface area contributed by atoms with Crippen LogP contribution in [0.2, 0.25) is 0 Å². The van der Waals surface area contributed by atoms with Crippen LogP contribution in [0.1, 0.15) is 55.0 Å². The summed E-state index contributed by atoms with van der Waals surface area (Å²) in [6, 6.07) is 24.7. The first-order valence-corrected chi connectivity index (χ1v) is 11.6. The quantitative estimate of drug-likeness (QED) is 0.312. The normalized spacial score (nSPS) is 14.0. The molecule has 0 N–H and O–H groups in total. The van der Waals surface area contributed by atoms with Gasteiger partial charge in [0.1, 0.15) is 0 Å². The Morgan fingerprint density at radius 1 is 0.812 bits per heavy atom. The lowest BCUT2D eigenvalue weighted by Crippen LogP contribution is -2.15. The van der Waals surface area contributed by atoms with E-state index in [1.165, 1.54) is 60.8 Å². The Kier molecular flexibility index (Phi) is 4.90. The van der Waals surface area contributed by atoms with Gasteiger partial charge in [-0.2, -0.15) is 0 Å². The van der Waals surface area contributed by atoms with Gasteiger partial charge in [-0.15, -0.1) is 0 Å². The van der Waals surface area contributed by atoms with Gasteiger partial charge in [-0.25, -0.2) is 0 Å². The number of benzene rings is 4. The smallest absolute Gasteiger partial charge is 0.0159 e. The van der Waals surface area contributed by atoms with Gasteiger partial charge in [-0.1, -0.05) is 106 Å². The van der Waals surface area contributed by atoms with Crippen molar-refractivity contribution in [3.63, 3.8) is 0 Å². The SMILES string of the molecule is C=Cc1c(/C=C\CC)c(-c2ccc3c(c2)C(C)(C)c2ccccc2-3)c2ccccc2c1C. The van der Waals surface area contributed by atoms with Crippen LogP contribution in [0.4, 0.5) is 0 Å². The van der Waals surface area contributed by atoms with Crippen LogP contribution in [-0.4, -0.2) is 0 Å². The molecule has 1 aliphatic carbocycles. The molecule has 0 nitrogen and oxygen atoms in total. The Morgan fingerprint density at radius 3 is 2.25 bits per heavy atom. The van der Waals surface area contributed by atoms with E-state index in [9.17, 15) is 0 Å². The van der Waals surface area contributed by atoms with E-state index >= 15 is 0 Å². The highest BCUT2D eigenvalue weighted by Crippen LogP contribution is 2.50. The van der Waals surface area contributed by atoms with E-state index in [0.29, 0.717) is 0 Å². The van der Waals surface area contributed by atoms with Crippen LogP contribution in [0.3, 0.4) is 0 Å². The lowest BCUT2D eigenvalue weighted by molar-refractivity contribution is 0.660. The lowest BCUT2D eigenvalue weighted by Gasteiger charge is -2.23. The summed E-state index contributed by atoms with van der Waals surface area (Å²) < 4.78 is 0. The zero-order valence-corrected chi connectivity index (χ0v) is 19.5. The Labute approximate surface area is 191 Å². The molecule has 0 saturated carbocycles. The molecule has 0 radical (unpaired) electrons. The maximum Gasteiger partial charge on any atom is 0.0159 e. The molecule has 1 aliphatic rings. The molecule has 4 aromatic rings. The van der Waals surface area contributed by atoms with Crippen molar-refractivity contribution in [2.24, 2.45) is 0 Å². The number of aryl methyl sites for hydroxylation is 1. The van der Waals surface area contributed by atoms with Crippen molar-refractivity contribution in [1.82, 2.24) is 0 Å². The van der Waals surface area contributed by atoms with Gasteiger partial charge >= 0.3 is 0 Å². The number of hydrogen-bond acceptors (Lipinski definition) is 0. The Bertz CT molecular complexity index is 1400. The molecule has 4 aromatic carbocycles. The summed E-state index contributed by atoms with van der Waals surface area (Å²) in [5, 5.41) is 2.61. The molecule has 0 fully saturated rings. The maximum absolute atomic E-state index is 4.18. The standard InChI is InChI=1S/C32H30/c1-6-8-13-27-23(7-2)21(3)24-14-9-10-16-28(24)31(27)22-18-19-26-25-15-11-12-17-29(25)32(4,5)30(26)20-22/h7-20H,2,6H2,1,3-5H3/b13-8-. The van der Waals surface area contributed by atoms with Crippen molar-refractivity contribution < 1.29 is 0 Å². The predicted octanol–water partition coefficient (Wildman–Crippen LogP) is 9.19. The van der Waals surface area contributed by atoms with Gasteiger partial charge < -0.3 is 0 Å². The minimum atomic E-state index is -0.0108. The first kappa shape index (κ1) is 20.5. The molecular weight excluding hydrogens is 384 g/mol. The predicted molar refractivity (Wildman–Crippen MR) is 141 cm³/mol. The summed E-state index contributed by atoms with van der Waals surface area (Å²) in [4.78, 5) is 0. The molecule has 5 rings (SSSR count). The molecule has 0 spiro atoms. The second kappa shape index (κ2) is 7.64. The molecule has 0 saturated heterocycles. The summed E-state index contributed by atoms with van der Waals surface area (Å²) in [5.41, 5.74) is 11.9. The molecule has 0 atom stereocenters. The van der Waals surface area contributed by atoms with Crippen LogP contribution < -0.4 is 0 Å². The minimum absolute atomic E-state index is 0.0108. The Hall–Kier alpha value is -3.38. The first-order valence-electron chi connectivity index (χ1n) is 11.6. The first-order chi connectivity index (χ1) is 15.5. The topological polar surface area (TPSA) is 0 Å².